The first-order valence-corrected chi connectivity index (χ1v) is 9.52. The molecule has 0 saturated carbocycles. The number of rotatable bonds is 9. The van der Waals surface area contributed by atoms with E-state index in [1.165, 1.54) is 5.56 Å². The molecule has 0 heterocycles. The molecule has 2 aromatic rings. The third-order valence-electron chi connectivity index (χ3n) is 3.54. The molecule has 25 heavy (non-hydrogen) atoms. The lowest BCUT2D eigenvalue weighted by Gasteiger charge is -2.05. The Balaban J connectivity index is 1.71. The summed E-state index contributed by atoms with van der Waals surface area (Å²) in [4.78, 5) is 11.9. The first kappa shape index (κ1) is 19.1. The number of hydrogen-bond donors (Lipinski definition) is 1. The van der Waals surface area contributed by atoms with Crippen LogP contribution in [0.15, 0.2) is 59.7 Å². The number of hydrogen-bond acceptors (Lipinski definition) is 4. The van der Waals surface area contributed by atoms with Crippen LogP contribution in [0.5, 0.6) is 5.75 Å². The van der Waals surface area contributed by atoms with Gasteiger partial charge in [-0.05, 0) is 61.4 Å². The summed E-state index contributed by atoms with van der Waals surface area (Å²) in [6.07, 6.45) is 0.966. The zero-order chi connectivity index (χ0) is 17.9. The van der Waals surface area contributed by atoms with Crippen LogP contribution in [0, 0.1) is 0 Å². The zero-order valence-electron chi connectivity index (χ0n) is 14.7. The average molecular weight is 356 g/mol. The fourth-order valence-corrected chi connectivity index (χ4v) is 2.98. The van der Waals surface area contributed by atoms with Gasteiger partial charge in [0.1, 0.15) is 5.75 Å². The molecule has 4 nitrogen and oxygen atoms in total. The van der Waals surface area contributed by atoms with Gasteiger partial charge in [-0.3, -0.25) is 4.79 Å². The van der Waals surface area contributed by atoms with Crippen LogP contribution in [0.3, 0.4) is 0 Å². The van der Waals surface area contributed by atoms with Crippen molar-refractivity contribution < 1.29 is 9.53 Å². The molecule has 0 aliphatic carbocycles. The second-order valence-corrected chi connectivity index (χ2v) is 6.58. The van der Waals surface area contributed by atoms with Crippen molar-refractivity contribution in [3.05, 3.63) is 65.7 Å². The summed E-state index contributed by atoms with van der Waals surface area (Å²) in [6, 6.07) is 18.0. The standard InChI is InChI=1S/C20H24N2O2S/c1-3-24-19-11-9-18(10-12-19)16(2)21-22-20(23)15-25-14-13-17-7-5-4-6-8-17/h4-12H,3,13-15H2,1-2H3,(H,22,23)/b21-16-. The van der Waals surface area contributed by atoms with Crippen molar-refractivity contribution in [1.29, 1.82) is 0 Å². The molecule has 0 unspecified atom stereocenters. The lowest BCUT2D eigenvalue weighted by molar-refractivity contribution is -0.118. The summed E-state index contributed by atoms with van der Waals surface area (Å²) in [6.45, 7) is 4.47. The predicted octanol–water partition coefficient (Wildman–Crippen LogP) is 3.90. The van der Waals surface area contributed by atoms with Crippen molar-refractivity contribution in [2.75, 3.05) is 18.1 Å². The first-order chi connectivity index (χ1) is 12.2. The zero-order valence-corrected chi connectivity index (χ0v) is 15.5. The van der Waals surface area contributed by atoms with Crippen LogP contribution in [-0.4, -0.2) is 29.7 Å². The third kappa shape index (κ3) is 7.01. The van der Waals surface area contributed by atoms with Gasteiger partial charge < -0.3 is 4.74 Å². The third-order valence-corrected chi connectivity index (χ3v) is 4.50. The van der Waals surface area contributed by atoms with Gasteiger partial charge in [0.25, 0.3) is 0 Å². The molecule has 0 saturated heterocycles. The summed E-state index contributed by atoms with van der Waals surface area (Å²) in [5, 5.41) is 4.17. The highest BCUT2D eigenvalue weighted by Crippen LogP contribution is 2.12. The monoisotopic (exact) mass is 356 g/mol. The number of thioether (sulfide) groups is 1. The normalized spacial score (nSPS) is 11.2. The van der Waals surface area contributed by atoms with Crippen LogP contribution in [0.25, 0.3) is 0 Å². The topological polar surface area (TPSA) is 50.7 Å². The van der Waals surface area contributed by atoms with Gasteiger partial charge in [-0.15, -0.1) is 0 Å². The van der Waals surface area contributed by atoms with Crippen LogP contribution in [-0.2, 0) is 11.2 Å². The minimum absolute atomic E-state index is 0.0802. The summed E-state index contributed by atoms with van der Waals surface area (Å²) < 4.78 is 5.41. The van der Waals surface area contributed by atoms with Crippen molar-refractivity contribution in [2.24, 2.45) is 5.10 Å². The lowest BCUT2D eigenvalue weighted by atomic mass is 10.1. The molecular weight excluding hydrogens is 332 g/mol. The Labute approximate surface area is 153 Å². The number of amides is 1. The minimum Gasteiger partial charge on any atom is -0.494 e. The van der Waals surface area contributed by atoms with Crippen molar-refractivity contribution >= 4 is 23.4 Å². The molecule has 0 bridgehead atoms. The maximum absolute atomic E-state index is 11.9. The van der Waals surface area contributed by atoms with Crippen LogP contribution >= 0.6 is 11.8 Å². The van der Waals surface area contributed by atoms with E-state index < -0.39 is 0 Å². The van der Waals surface area contributed by atoms with Gasteiger partial charge >= 0.3 is 0 Å². The number of hydrazone groups is 1. The maximum Gasteiger partial charge on any atom is 0.250 e. The second-order valence-electron chi connectivity index (χ2n) is 5.48. The minimum atomic E-state index is -0.0802. The Hall–Kier alpha value is -2.27. The smallest absolute Gasteiger partial charge is 0.250 e. The molecule has 0 spiro atoms. The van der Waals surface area contributed by atoms with Gasteiger partial charge in [-0.2, -0.15) is 16.9 Å². The molecule has 0 radical (unpaired) electrons. The molecule has 132 valence electrons. The van der Waals surface area contributed by atoms with Crippen molar-refractivity contribution in [1.82, 2.24) is 5.43 Å². The Morgan fingerprint density at radius 1 is 1.12 bits per heavy atom. The Morgan fingerprint density at radius 2 is 1.84 bits per heavy atom. The number of ether oxygens (including phenoxy) is 1. The second kappa shape index (κ2) is 10.6. The Kier molecular flexibility index (Phi) is 8.05. The molecule has 5 heteroatoms. The summed E-state index contributed by atoms with van der Waals surface area (Å²) in [5.74, 6) is 2.08. The number of nitrogens with zero attached hydrogens (tertiary/aromatic N) is 1. The molecule has 0 aromatic heterocycles. The van der Waals surface area contributed by atoms with Crippen LogP contribution < -0.4 is 10.2 Å². The van der Waals surface area contributed by atoms with E-state index in [9.17, 15) is 4.79 Å². The van der Waals surface area contributed by atoms with Gasteiger partial charge in [0.15, 0.2) is 0 Å². The summed E-state index contributed by atoms with van der Waals surface area (Å²) >= 11 is 1.61. The van der Waals surface area contributed by atoms with E-state index in [0.29, 0.717) is 12.4 Å². The highest BCUT2D eigenvalue weighted by Gasteiger charge is 2.03. The largest absolute Gasteiger partial charge is 0.494 e. The first-order valence-electron chi connectivity index (χ1n) is 8.37. The average Bonchev–Trinajstić information content (AvgIpc) is 2.65. The van der Waals surface area contributed by atoms with Gasteiger partial charge in [0, 0.05) is 0 Å². The molecule has 0 aliphatic heterocycles. The van der Waals surface area contributed by atoms with E-state index in [0.717, 1.165) is 29.2 Å². The summed E-state index contributed by atoms with van der Waals surface area (Å²) in [5.41, 5.74) is 5.64. The van der Waals surface area contributed by atoms with Gasteiger partial charge in [-0.25, -0.2) is 5.43 Å². The molecule has 1 N–H and O–H groups in total. The fraction of sp³-hybridized carbons (Fsp3) is 0.300. The highest BCUT2D eigenvalue weighted by molar-refractivity contribution is 7.99. The Bertz CT molecular complexity index is 685. The molecule has 2 rings (SSSR count). The number of carbonyl (C=O) groups is 1. The van der Waals surface area contributed by atoms with Crippen LogP contribution in [0.4, 0.5) is 0 Å². The van der Waals surface area contributed by atoms with Gasteiger partial charge in [0.2, 0.25) is 5.91 Å². The summed E-state index contributed by atoms with van der Waals surface area (Å²) in [7, 11) is 0. The highest BCUT2D eigenvalue weighted by atomic mass is 32.2. The SMILES string of the molecule is CCOc1ccc(/C(C)=N\NC(=O)CSCCc2ccccc2)cc1. The van der Waals surface area contributed by atoms with E-state index in [1.807, 2.05) is 56.3 Å². The number of nitrogens with one attached hydrogen (secondary N) is 1. The molecule has 2 aromatic carbocycles. The number of benzene rings is 2. The maximum atomic E-state index is 11.9. The van der Waals surface area contributed by atoms with E-state index in [4.69, 9.17) is 4.74 Å². The van der Waals surface area contributed by atoms with E-state index in [2.05, 4.69) is 22.7 Å². The predicted molar refractivity (Wildman–Crippen MR) is 105 cm³/mol. The molecule has 1 amide bonds. The molecular formula is C20H24N2O2S. The number of carbonyl (C=O) groups excluding carboxylic acids is 1. The molecule has 0 aliphatic rings. The molecule has 0 fully saturated rings. The van der Waals surface area contributed by atoms with E-state index >= 15 is 0 Å². The Morgan fingerprint density at radius 3 is 2.52 bits per heavy atom. The van der Waals surface area contributed by atoms with Gasteiger partial charge in [-0.1, -0.05) is 30.3 Å². The van der Waals surface area contributed by atoms with Crippen molar-refractivity contribution in [2.45, 2.75) is 20.3 Å². The molecule has 0 atom stereocenters. The van der Waals surface area contributed by atoms with E-state index in [1.54, 1.807) is 11.8 Å². The van der Waals surface area contributed by atoms with Gasteiger partial charge in [0.05, 0.1) is 18.1 Å². The lowest BCUT2D eigenvalue weighted by Crippen LogP contribution is -2.21. The van der Waals surface area contributed by atoms with E-state index in [-0.39, 0.29) is 5.91 Å². The van der Waals surface area contributed by atoms with Crippen LogP contribution in [0.1, 0.15) is 25.0 Å². The van der Waals surface area contributed by atoms with Crippen LogP contribution in [0.2, 0.25) is 0 Å². The van der Waals surface area contributed by atoms with Crippen molar-refractivity contribution in [3.63, 3.8) is 0 Å². The number of aryl methyl sites for hydroxylation is 1. The van der Waals surface area contributed by atoms with Crippen molar-refractivity contribution in [3.8, 4) is 5.75 Å². The quantitative estimate of drug-likeness (QED) is 0.421. The fourth-order valence-electron chi connectivity index (χ4n) is 2.20.